The molecule has 0 aliphatic carbocycles. The molecule has 0 radical (unpaired) electrons. The number of hydrogen-bond donors (Lipinski definition) is 0. The summed E-state index contributed by atoms with van der Waals surface area (Å²) in [6, 6.07) is 0. The Kier molecular flexibility index (Phi) is 62.2. The Morgan fingerprint density at radius 3 is 0.857 bits per heavy atom. The van der Waals surface area contributed by atoms with Gasteiger partial charge in [-0.3, -0.25) is 14.4 Å². The van der Waals surface area contributed by atoms with E-state index < -0.39 is 6.10 Å². The molecule has 0 saturated heterocycles. The van der Waals surface area contributed by atoms with Crippen LogP contribution in [0.4, 0.5) is 0 Å². The Hall–Kier alpha value is -3.41. The van der Waals surface area contributed by atoms with Crippen LogP contribution in [0.2, 0.25) is 0 Å². The average molecular weight is 1070 g/mol. The minimum absolute atomic E-state index is 0.0807. The fraction of sp³-hybridized carbons (Fsp3) is 0.761. The Morgan fingerprint density at radius 1 is 0.273 bits per heavy atom. The van der Waals surface area contributed by atoms with Crippen LogP contribution in [0.5, 0.6) is 0 Å². The summed E-state index contributed by atoms with van der Waals surface area (Å²) in [6.45, 7) is 6.49. The predicted octanol–water partition coefficient (Wildman–Crippen LogP) is 22.7. The smallest absolute Gasteiger partial charge is 0.306 e. The minimum atomic E-state index is -0.782. The van der Waals surface area contributed by atoms with Crippen molar-refractivity contribution in [2.75, 3.05) is 13.2 Å². The zero-order valence-corrected chi connectivity index (χ0v) is 51.0. The summed E-state index contributed by atoms with van der Waals surface area (Å²) < 4.78 is 16.9. The van der Waals surface area contributed by atoms with Crippen LogP contribution in [0.1, 0.15) is 329 Å². The van der Waals surface area contributed by atoms with Gasteiger partial charge in [-0.25, -0.2) is 0 Å². The van der Waals surface area contributed by atoms with E-state index in [0.717, 1.165) is 116 Å². The first-order chi connectivity index (χ1) is 38.0. The van der Waals surface area contributed by atoms with E-state index in [1.54, 1.807) is 0 Å². The molecule has 0 amide bonds. The number of hydrogen-bond acceptors (Lipinski definition) is 6. The third-order valence-electron chi connectivity index (χ3n) is 14.4. The van der Waals surface area contributed by atoms with Crippen molar-refractivity contribution in [1.82, 2.24) is 0 Å². The monoisotopic (exact) mass is 1070 g/mol. The third kappa shape index (κ3) is 63.3. The first kappa shape index (κ1) is 73.6. The molecule has 0 aromatic carbocycles. The van der Waals surface area contributed by atoms with Gasteiger partial charge in [0.1, 0.15) is 13.2 Å². The summed E-state index contributed by atoms with van der Waals surface area (Å²) in [7, 11) is 0. The van der Waals surface area contributed by atoms with Gasteiger partial charge in [0.25, 0.3) is 0 Å². The Bertz CT molecular complexity index is 1470. The van der Waals surface area contributed by atoms with Gasteiger partial charge in [0.15, 0.2) is 6.10 Å². The van der Waals surface area contributed by atoms with Crippen LogP contribution in [0, 0.1) is 0 Å². The van der Waals surface area contributed by atoms with Crippen LogP contribution in [0.25, 0.3) is 0 Å². The van der Waals surface area contributed by atoms with Gasteiger partial charge in [0.2, 0.25) is 0 Å². The van der Waals surface area contributed by atoms with E-state index in [1.165, 1.54) is 173 Å². The average Bonchev–Trinajstić information content (AvgIpc) is 3.43. The zero-order valence-electron chi connectivity index (χ0n) is 51.0. The number of carbonyl (C=O) groups excluding carboxylic acids is 3. The number of ether oxygens (including phenoxy) is 3. The maximum atomic E-state index is 12.9. The standard InChI is InChI=1S/C71H124O6/c1-4-7-10-13-16-19-22-24-26-28-30-32-34-35-36-37-38-40-41-43-45-47-49-52-55-58-61-64-70(73)76-67-68(66-75-69(72)63-60-57-54-51-21-18-15-12-9-6-3)77-71(74)65-62-59-56-53-50-48-46-44-42-39-33-31-29-27-25-23-20-17-14-11-8-5-2/h7,10,12,15-16,19,24,26,30,32,35-36,38,40,68H,4-6,8-9,11,13-14,17-18,20-23,25,27-29,31,33-34,37,39,41-67H2,1-3H3/b10-7-,15-12-,19-16-,26-24-,32-30-,36-35-,40-38-. The normalized spacial score (nSPS) is 12.6. The van der Waals surface area contributed by atoms with Crippen LogP contribution < -0.4 is 0 Å². The maximum absolute atomic E-state index is 12.9. The molecule has 0 aliphatic rings. The second-order valence-electron chi connectivity index (χ2n) is 22.0. The second-order valence-corrected chi connectivity index (χ2v) is 22.0. The highest BCUT2D eigenvalue weighted by Crippen LogP contribution is 2.17. The molecular formula is C71H124O6. The summed E-state index contributed by atoms with van der Waals surface area (Å²) in [4.78, 5) is 38.3. The van der Waals surface area contributed by atoms with Crippen molar-refractivity contribution in [3.8, 4) is 0 Å². The molecule has 0 aliphatic heterocycles. The molecule has 0 aromatic heterocycles. The molecule has 0 bridgehead atoms. The molecule has 0 rings (SSSR count). The molecule has 1 unspecified atom stereocenters. The Labute approximate surface area is 477 Å². The Morgan fingerprint density at radius 2 is 0.532 bits per heavy atom. The van der Waals surface area contributed by atoms with E-state index in [1.807, 2.05) is 0 Å². The summed E-state index contributed by atoms with van der Waals surface area (Å²) in [5.41, 5.74) is 0. The zero-order chi connectivity index (χ0) is 55.7. The van der Waals surface area contributed by atoms with E-state index in [-0.39, 0.29) is 31.1 Å². The van der Waals surface area contributed by atoms with Gasteiger partial charge in [-0.1, -0.05) is 305 Å². The lowest BCUT2D eigenvalue weighted by molar-refractivity contribution is -0.167. The molecule has 444 valence electrons. The molecule has 0 N–H and O–H groups in total. The Balaban J connectivity index is 4.23. The molecule has 1 atom stereocenters. The highest BCUT2D eigenvalue weighted by molar-refractivity contribution is 5.71. The van der Waals surface area contributed by atoms with Gasteiger partial charge in [0, 0.05) is 19.3 Å². The van der Waals surface area contributed by atoms with Crippen molar-refractivity contribution in [2.24, 2.45) is 0 Å². The molecule has 77 heavy (non-hydrogen) atoms. The molecule has 0 aromatic rings. The second kappa shape index (κ2) is 65.1. The fourth-order valence-corrected chi connectivity index (χ4v) is 9.45. The summed E-state index contributed by atoms with van der Waals surface area (Å²) in [5, 5.41) is 0. The summed E-state index contributed by atoms with van der Waals surface area (Å²) in [6.07, 6.45) is 86.1. The van der Waals surface area contributed by atoms with E-state index in [4.69, 9.17) is 14.2 Å². The van der Waals surface area contributed by atoms with Gasteiger partial charge < -0.3 is 14.2 Å². The first-order valence-electron chi connectivity index (χ1n) is 33.1. The quantitative estimate of drug-likeness (QED) is 0.0261. The number of rotatable bonds is 60. The highest BCUT2D eigenvalue weighted by Gasteiger charge is 2.19. The third-order valence-corrected chi connectivity index (χ3v) is 14.4. The number of allylic oxidation sites excluding steroid dienone is 14. The van der Waals surface area contributed by atoms with Crippen molar-refractivity contribution in [1.29, 1.82) is 0 Å². The number of esters is 3. The lowest BCUT2D eigenvalue weighted by Crippen LogP contribution is -2.30. The molecule has 6 nitrogen and oxygen atoms in total. The van der Waals surface area contributed by atoms with Crippen molar-refractivity contribution < 1.29 is 28.6 Å². The predicted molar refractivity (Wildman–Crippen MR) is 334 cm³/mol. The van der Waals surface area contributed by atoms with E-state index >= 15 is 0 Å². The van der Waals surface area contributed by atoms with Crippen LogP contribution in [-0.4, -0.2) is 37.2 Å². The lowest BCUT2D eigenvalue weighted by atomic mass is 10.0. The highest BCUT2D eigenvalue weighted by atomic mass is 16.6. The molecule has 0 spiro atoms. The van der Waals surface area contributed by atoms with Crippen molar-refractivity contribution in [3.05, 3.63) is 85.1 Å². The van der Waals surface area contributed by atoms with Crippen molar-refractivity contribution in [3.63, 3.8) is 0 Å². The SMILES string of the molecule is CC/C=C\C/C=C\C/C=C\C/C=C\C/C=C\C/C=C\CCCCCCCCCCC(=O)OCC(COC(=O)CCCCCCC/C=C\CCC)OC(=O)CCCCCCCCCCCCCCCCCCCCCCCC. The van der Waals surface area contributed by atoms with Gasteiger partial charge in [-0.15, -0.1) is 0 Å². The topological polar surface area (TPSA) is 78.9 Å². The summed E-state index contributed by atoms with van der Waals surface area (Å²) >= 11 is 0. The van der Waals surface area contributed by atoms with Gasteiger partial charge in [-0.2, -0.15) is 0 Å². The van der Waals surface area contributed by atoms with Crippen LogP contribution in [0.3, 0.4) is 0 Å². The van der Waals surface area contributed by atoms with Crippen molar-refractivity contribution >= 4 is 17.9 Å². The first-order valence-corrected chi connectivity index (χ1v) is 33.1. The van der Waals surface area contributed by atoms with Gasteiger partial charge >= 0.3 is 17.9 Å². The van der Waals surface area contributed by atoms with E-state index in [2.05, 4.69) is 106 Å². The largest absolute Gasteiger partial charge is 0.462 e. The molecule has 6 heteroatoms. The molecular weight excluding hydrogens is 949 g/mol. The molecule has 0 fully saturated rings. The van der Waals surface area contributed by atoms with Gasteiger partial charge in [0.05, 0.1) is 0 Å². The summed E-state index contributed by atoms with van der Waals surface area (Å²) in [5.74, 6) is -0.884. The number of carbonyl (C=O) groups is 3. The lowest BCUT2D eigenvalue weighted by Gasteiger charge is -2.18. The van der Waals surface area contributed by atoms with Crippen LogP contribution >= 0.6 is 0 Å². The van der Waals surface area contributed by atoms with E-state index in [0.29, 0.717) is 19.3 Å². The fourth-order valence-electron chi connectivity index (χ4n) is 9.45. The minimum Gasteiger partial charge on any atom is -0.462 e. The molecule has 0 heterocycles. The number of unbranched alkanes of at least 4 members (excludes halogenated alkanes) is 35. The van der Waals surface area contributed by atoms with Crippen molar-refractivity contribution in [2.45, 2.75) is 335 Å². The van der Waals surface area contributed by atoms with Crippen LogP contribution in [0.15, 0.2) is 85.1 Å². The molecule has 0 saturated carbocycles. The maximum Gasteiger partial charge on any atom is 0.306 e. The van der Waals surface area contributed by atoms with Crippen LogP contribution in [-0.2, 0) is 28.6 Å². The van der Waals surface area contributed by atoms with Gasteiger partial charge in [-0.05, 0) is 89.9 Å². The van der Waals surface area contributed by atoms with E-state index in [9.17, 15) is 14.4 Å².